The van der Waals surface area contributed by atoms with E-state index in [1.807, 2.05) is 33.8 Å². The molecule has 480 valence electrons. The summed E-state index contributed by atoms with van der Waals surface area (Å²) in [5, 5.41) is 8.93. The molecule has 3 aliphatic rings. The van der Waals surface area contributed by atoms with Gasteiger partial charge in [0.05, 0.1) is 15.8 Å². The molecule has 0 aliphatic carbocycles. The molecule has 3 amide bonds. The molecule has 7 aromatic rings. The molecule has 0 saturated carbocycles. The Balaban J connectivity index is 0.000000180. The van der Waals surface area contributed by atoms with Crippen LogP contribution in [0.3, 0.4) is 0 Å². The van der Waals surface area contributed by atoms with Gasteiger partial charge < -0.3 is 33.2 Å². The third-order valence-electron chi connectivity index (χ3n) is 13.4. The average molecular weight is 1350 g/mol. The van der Waals surface area contributed by atoms with Crippen LogP contribution in [0.5, 0.6) is 0 Å². The lowest BCUT2D eigenvalue weighted by atomic mass is 10.1. The van der Waals surface area contributed by atoms with Crippen LogP contribution in [0.2, 0.25) is 0 Å². The van der Waals surface area contributed by atoms with Crippen molar-refractivity contribution < 1.29 is 81.8 Å². The maximum absolute atomic E-state index is 13.2. The second-order valence-corrected chi connectivity index (χ2v) is 31.9. The number of ether oxygens (including phenoxy) is 2. The predicted molar refractivity (Wildman–Crippen MR) is 326 cm³/mol. The summed E-state index contributed by atoms with van der Waals surface area (Å²) < 4.78 is 108. The minimum Gasteiger partial charge on any atom is -0.444 e. The van der Waals surface area contributed by atoms with E-state index in [-0.39, 0.29) is 80.0 Å². The summed E-state index contributed by atoms with van der Waals surface area (Å²) in [6, 6.07) is 21.4. The Morgan fingerprint density at radius 3 is 1.33 bits per heavy atom. The molecule has 26 nitrogen and oxygen atoms in total. The standard InChI is InChI=1S/C20H19N3O5S2.C18H23N3O6S2.C14H22N2O4S2.C5H6NO2/c1-14-13-22(20(25)15-5-3-2-4-6-15)10-11-23(14)30(26,27)18-8-7-17(29-18)19(24)16-9-12-28-21-16;1-12-11-20(17(23)27-18(2,3)4)8-9-21(12)29(24,25)15-6-5-14(28-15)16(22)13-7-10-26-19-13;1-11-10-15(13(17)20-14(2,3)4)7-8-16(11)22(18,19)12-6-5-9-21-12;1-6-5(4-7)2-3-8-6/h2-9,12,14H,10-11,13H2,1H3;5-7,10,12H,8-9,11H2,1-4H3;5-6,9,11H,7-8,10H2,1-4H3;2-4H,1H3/q;;;+1. The van der Waals surface area contributed by atoms with Gasteiger partial charge in [-0.15, -0.1) is 34.0 Å². The highest BCUT2D eigenvalue weighted by Gasteiger charge is 2.40. The first-order chi connectivity index (χ1) is 41.8. The summed E-state index contributed by atoms with van der Waals surface area (Å²) in [6.07, 6.45) is 3.92. The Kier molecular flexibility index (Phi) is 22.6. The molecule has 10 rings (SSSR count). The number of sulfonamides is 3. The largest absolute Gasteiger partial charge is 0.444 e. The van der Waals surface area contributed by atoms with Gasteiger partial charge in [0.1, 0.15) is 36.4 Å². The zero-order valence-corrected chi connectivity index (χ0v) is 55.4. The van der Waals surface area contributed by atoms with Gasteiger partial charge in [0.15, 0.2) is 24.7 Å². The molecule has 32 heteroatoms. The number of aromatic nitrogens is 3. The van der Waals surface area contributed by atoms with Crippen LogP contribution in [-0.2, 0) is 46.6 Å². The van der Waals surface area contributed by atoms with Crippen molar-refractivity contribution in [2.24, 2.45) is 7.05 Å². The number of benzene rings is 1. The smallest absolute Gasteiger partial charge is 0.410 e. The van der Waals surface area contributed by atoms with E-state index in [0.717, 1.165) is 29.0 Å². The van der Waals surface area contributed by atoms with Gasteiger partial charge in [-0.25, -0.2) is 39.4 Å². The molecule has 0 spiro atoms. The number of aldehydes is 1. The number of thiophene rings is 3. The molecular weight excluding hydrogens is 1280 g/mol. The van der Waals surface area contributed by atoms with Crippen LogP contribution in [0.15, 0.2) is 135 Å². The van der Waals surface area contributed by atoms with Crippen LogP contribution in [0, 0.1) is 0 Å². The van der Waals surface area contributed by atoms with Gasteiger partial charge in [-0.2, -0.15) is 12.9 Å². The number of hydrogen-bond acceptors (Lipinski definition) is 22. The second-order valence-electron chi connectivity index (χ2n) is 22.4. The number of aryl methyl sites for hydroxylation is 1. The second kappa shape index (κ2) is 29.1. The van der Waals surface area contributed by atoms with Crippen LogP contribution >= 0.6 is 34.0 Å². The first-order valence-corrected chi connectivity index (χ1v) is 34.5. The lowest BCUT2D eigenvalue weighted by Crippen LogP contribution is -2.55. The number of carbonyl (C=O) groups is 6. The number of nitrogens with zero attached hydrogens (tertiary/aromatic N) is 9. The van der Waals surface area contributed by atoms with Crippen molar-refractivity contribution in [3.63, 3.8) is 0 Å². The Hall–Kier alpha value is -7.30. The van der Waals surface area contributed by atoms with Crippen molar-refractivity contribution in [1.82, 2.24) is 37.9 Å². The van der Waals surface area contributed by atoms with Crippen molar-refractivity contribution in [1.29, 1.82) is 0 Å². The minimum atomic E-state index is -3.80. The highest BCUT2D eigenvalue weighted by molar-refractivity contribution is 7.92. The molecule has 3 aliphatic heterocycles. The Morgan fingerprint density at radius 1 is 0.551 bits per heavy atom. The quantitative estimate of drug-likeness (QED) is 0.0653. The summed E-state index contributed by atoms with van der Waals surface area (Å²) in [4.78, 5) is 77.0. The average Bonchev–Trinajstić information content (AvgIpc) is 1.84. The van der Waals surface area contributed by atoms with Crippen LogP contribution in [0.4, 0.5) is 9.59 Å². The Labute approximate surface area is 528 Å². The monoisotopic (exact) mass is 1340 g/mol. The first-order valence-electron chi connectivity index (χ1n) is 27.7. The zero-order chi connectivity index (χ0) is 65.2. The van der Waals surface area contributed by atoms with E-state index in [0.29, 0.717) is 41.6 Å². The fourth-order valence-corrected chi connectivity index (χ4v) is 17.9. The van der Waals surface area contributed by atoms with Crippen LogP contribution in [0.1, 0.15) is 114 Å². The summed E-state index contributed by atoms with van der Waals surface area (Å²) in [5.41, 5.74) is 0.200. The molecule has 1 aromatic carbocycles. The van der Waals surface area contributed by atoms with E-state index < -0.39 is 71.3 Å². The van der Waals surface area contributed by atoms with Gasteiger partial charge in [0.2, 0.25) is 17.9 Å². The topological polar surface area (TPSA) is 312 Å². The van der Waals surface area contributed by atoms with Gasteiger partial charge in [-0.3, -0.25) is 19.2 Å². The molecule has 6 aromatic heterocycles. The van der Waals surface area contributed by atoms with Gasteiger partial charge in [-0.1, -0.05) is 34.6 Å². The van der Waals surface area contributed by atoms with Crippen molar-refractivity contribution in [3.05, 3.63) is 141 Å². The summed E-state index contributed by atoms with van der Waals surface area (Å²) in [7, 11) is -9.40. The number of carbonyl (C=O) groups excluding carboxylic acids is 6. The maximum Gasteiger partial charge on any atom is 0.410 e. The van der Waals surface area contributed by atoms with E-state index in [4.69, 9.17) is 14.0 Å². The number of amides is 3. The van der Waals surface area contributed by atoms with Gasteiger partial charge in [0.25, 0.3) is 41.7 Å². The number of piperazine rings is 3. The molecule has 9 heterocycles. The van der Waals surface area contributed by atoms with E-state index in [9.17, 15) is 54.0 Å². The van der Waals surface area contributed by atoms with Crippen molar-refractivity contribution >= 4 is 100 Å². The highest BCUT2D eigenvalue weighted by atomic mass is 32.3. The van der Waals surface area contributed by atoms with Crippen molar-refractivity contribution in [3.8, 4) is 0 Å². The first kappa shape index (κ1) is 69.2. The van der Waals surface area contributed by atoms with Crippen molar-refractivity contribution in [2.45, 2.75) is 104 Å². The molecule has 3 saturated heterocycles. The van der Waals surface area contributed by atoms with E-state index in [1.165, 1.54) is 89.1 Å². The summed E-state index contributed by atoms with van der Waals surface area (Å²) >= 11 is 3.00. The lowest BCUT2D eigenvalue weighted by molar-refractivity contribution is -0.846. The molecule has 0 N–H and O–H groups in total. The molecule has 0 bridgehead atoms. The Bertz CT molecular complexity index is 3890. The SMILES string of the molecule is CC1CN(C(=O)OC(C)(C)C)CCN1S(=O)(=O)c1ccc(C(=O)c2ccon2)s1.CC1CN(C(=O)OC(C)(C)C)CCN1S(=O)(=O)c1cccs1.CC1CN(C(=O)c2ccccc2)CCN1S(=O)(=O)c1ccc(C(=O)c2ccon2)s1.C[n+]1occc1C=O. The maximum atomic E-state index is 13.2. The number of ketones is 2. The summed E-state index contributed by atoms with van der Waals surface area (Å²) in [5.74, 6) is -0.898. The number of hydrogen-bond donors (Lipinski definition) is 0. The van der Waals surface area contributed by atoms with E-state index >= 15 is 0 Å². The minimum absolute atomic E-state index is 0.0712. The third-order valence-corrected chi connectivity index (χ3v) is 23.9. The molecule has 89 heavy (non-hydrogen) atoms. The highest BCUT2D eigenvalue weighted by Crippen LogP contribution is 2.32. The van der Waals surface area contributed by atoms with Gasteiger partial charge >= 0.3 is 12.2 Å². The fourth-order valence-electron chi connectivity index (χ4n) is 9.13. The van der Waals surface area contributed by atoms with Gasteiger partial charge in [-0.05, 0) is 115 Å². The predicted octanol–water partition coefficient (Wildman–Crippen LogP) is 7.39. The van der Waals surface area contributed by atoms with Gasteiger partial charge in [0, 0.05) is 94.7 Å². The van der Waals surface area contributed by atoms with Crippen LogP contribution < -0.4 is 4.74 Å². The molecular formula is C57H70N9O17S6+. The normalized spacial score (nSPS) is 18.0. The molecule has 3 unspecified atom stereocenters. The van der Waals surface area contributed by atoms with E-state index in [1.54, 1.807) is 99.3 Å². The molecule has 3 fully saturated rings. The van der Waals surface area contributed by atoms with Crippen LogP contribution in [-0.4, -0.2) is 187 Å². The third kappa shape index (κ3) is 17.6. The van der Waals surface area contributed by atoms with Crippen molar-refractivity contribution in [2.75, 3.05) is 58.9 Å². The van der Waals surface area contributed by atoms with Crippen LogP contribution in [0.25, 0.3) is 0 Å². The zero-order valence-electron chi connectivity index (χ0n) is 50.5. The fraction of sp³-hybridized carbons (Fsp3) is 0.421. The van der Waals surface area contributed by atoms with E-state index in [2.05, 4.69) is 19.4 Å². The number of rotatable bonds is 12. The Morgan fingerprint density at radius 2 is 0.978 bits per heavy atom. The molecule has 3 atom stereocenters. The molecule has 0 radical (unpaired) electrons. The summed E-state index contributed by atoms with van der Waals surface area (Å²) in [6.45, 7) is 18.4. The lowest BCUT2D eigenvalue weighted by Gasteiger charge is -2.39.